The molecule has 1 unspecified atom stereocenters. The predicted molar refractivity (Wildman–Crippen MR) is 124 cm³/mol. The van der Waals surface area contributed by atoms with E-state index in [0.717, 1.165) is 6.42 Å². The van der Waals surface area contributed by atoms with E-state index < -0.39 is 0 Å². The van der Waals surface area contributed by atoms with Crippen molar-refractivity contribution >= 4 is 34.8 Å². The van der Waals surface area contributed by atoms with Crippen LogP contribution in [0.15, 0.2) is 48.5 Å². The Balaban J connectivity index is 1.62. The quantitative estimate of drug-likeness (QED) is 0.669. The summed E-state index contributed by atoms with van der Waals surface area (Å²) in [7, 11) is 0. The number of nitrogens with one attached hydrogen (secondary N) is 2. The van der Waals surface area contributed by atoms with Crippen LogP contribution in [0.4, 0.5) is 5.69 Å². The fraction of sp³-hybridized carbons (Fsp3) is 0.348. The number of benzene rings is 2. The molecule has 2 N–H and O–H groups in total. The highest BCUT2D eigenvalue weighted by atomic mass is 32.1. The molecule has 31 heavy (non-hydrogen) atoms. The fourth-order valence-electron chi connectivity index (χ4n) is 3.04. The fourth-order valence-corrected chi connectivity index (χ4v) is 3.25. The number of anilines is 1. The van der Waals surface area contributed by atoms with Crippen LogP contribution in [0.2, 0.25) is 0 Å². The minimum absolute atomic E-state index is 0.0996. The van der Waals surface area contributed by atoms with Crippen LogP contribution in [-0.2, 0) is 4.74 Å². The first kappa shape index (κ1) is 22.7. The maximum Gasteiger partial charge on any atom is 0.257 e. The largest absolute Gasteiger partial charge is 0.491 e. The second-order valence-electron chi connectivity index (χ2n) is 7.22. The lowest BCUT2D eigenvalue weighted by atomic mass is 10.1. The van der Waals surface area contributed by atoms with Crippen LogP contribution in [-0.4, -0.2) is 54.2 Å². The van der Waals surface area contributed by atoms with Crippen molar-refractivity contribution in [1.82, 2.24) is 10.2 Å². The molecule has 1 aliphatic heterocycles. The molecule has 0 aromatic heterocycles. The third kappa shape index (κ3) is 6.26. The van der Waals surface area contributed by atoms with Crippen molar-refractivity contribution in [2.24, 2.45) is 0 Å². The van der Waals surface area contributed by atoms with Gasteiger partial charge < -0.3 is 19.7 Å². The van der Waals surface area contributed by atoms with Crippen molar-refractivity contribution in [3.63, 3.8) is 0 Å². The molecule has 2 amide bonds. The third-order valence-electron chi connectivity index (χ3n) is 4.96. The van der Waals surface area contributed by atoms with Gasteiger partial charge in [0.25, 0.3) is 11.8 Å². The van der Waals surface area contributed by atoms with Gasteiger partial charge in [0.1, 0.15) is 5.75 Å². The number of ether oxygens (including phenoxy) is 2. The Labute approximate surface area is 187 Å². The zero-order valence-corrected chi connectivity index (χ0v) is 18.5. The molecule has 0 bridgehead atoms. The summed E-state index contributed by atoms with van der Waals surface area (Å²) >= 11 is 5.30. The minimum Gasteiger partial charge on any atom is -0.491 e. The monoisotopic (exact) mass is 441 g/mol. The Hall–Kier alpha value is -2.97. The van der Waals surface area contributed by atoms with Gasteiger partial charge in [0.05, 0.1) is 30.6 Å². The van der Waals surface area contributed by atoms with Crippen molar-refractivity contribution < 1.29 is 19.1 Å². The number of hydrogen-bond donors (Lipinski definition) is 2. The summed E-state index contributed by atoms with van der Waals surface area (Å²) in [5.41, 5.74) is 1.49. The van der Waals surface area contributed by atoms with Crippen LogP contribution in [0.3, 0.4) is 0 Å². The molecule has 0 spiro atoms. The summed E-state index contributed by atoms with van der Waals surface area (Å²) in [6.07, 6.45) is 1.01. The summed E-state index contributed by atoms with van der Waals surface area (Å²) in [6.45, 7) is 6.18. The minimum atomic E-state index is -0.343. The molecule has 2 aromatic rings. The van der Waals surface area contributed by atoms with E-state index in [2.05, 4.69) is 10.6 Å². The zero-order valence-electron chi connectivity index (χ0n) is 17.7. The average Bonchev–Trinajstić information content (AvgIpc) is 2.79. The van der Waals surface area contributed by atoms with E-state index in [9.17, 15) is 9.59 Å². The normalized spacial score (nSPS) is 14.5. The van der Waals surface area contributed by atoms with Crippen LogP contribution >= 0.6 is 12.2 Å². The molecule has 1 heterocycles. The molecule has 0 radical (unpaired) electrons. The number of nitrogens with zero attached hydrogens (tertiary/aromatic N) is 1. The molecule has 1 fully saturated rings. The second-order valence-corrected chi connectivity index (χ2v) is 7.63. The molecule has 1 aliphatic rings. The molecule has 3 rings (SSSR count). The van der Waals surface area contributed by atoms with E-state index in [0.29, 0.717) is 48.9 Å². The number of hydrogen-bond acceptors (Lipinski definition) is 5. The van der Waals surface area contributed by atoms with Crippen molar-refractivity contribution in [2.75, 3.05) is 31.6 Å². The highest BCUT2D eigenvalue weighted by Gasteiger charge is 2.21. The summed E-state index contributed by atoms with van der Waals surface area (Å²) in [6, 6.07) is 14.0. The van der Waals surface area contributed by atoms with E-state index in [-0.39, 0.29) is 23.0 Å². The smallest absolute Gasteiger partial charge is 0.257 e. The van der Waals surface area contributed by atoms with E-state index in [1.54, 1.807) is 53.4 Å². The Morgan fingerprint density at radius 1 is 1.13 bits per heavy atom. The summed E-state index contributed by atoms with van der Waals surface area (Å²) in [4.78, 5) is 27.1. The summed E-state index contributed by atoms with van der Waals surface area (Å²) in [5, 5.41) is 5.75. The Morgan fingerprint density at radius 3 is 2.48 bits per heavy atom. The van der Waals surface area contributed by atoms with Crippen molar-refractivity contribution in [3.05, 3.63) is 59.7 Å². The van der Waals surface area contributed by atoms with Crippen molar-refractivity contribution in [2.45, 2.75) is 26.4 Å². The lowest BCUT2D eigenvalue weighted by Gasteiger charge is -2.27. The van der Waals surface area contributed by atoms with Crippen LogP contribution < -0.4 is 15.4 Å². The zero-order chi connectivity index (χ0) is 22.2. The standard InChI is InChI=1S/C23H27N3O4S/c1-3-16(2)30-18-10-8-17(9-11-18)21(27)25-23(31)24-20-7-5-4-6-19(20)22(28)26-12-14-29-15-13-26/h4-11,16H,3,12-15H2,1-2H3,(H2,24,25,27,31). The van der Waals surface area contributed by atoms with Gasteiger partial charge in [-0.3, -0.25) is 14.9 Å². The lowest BCUT2D eigenvalue weighted by molar-refractivity contribution is 0.0303. The first-order valence-corrected chi connectivity index (χ1v) is 10.7. The predicted octanol–water partition coefficient (Wildman–Crippen LogP) is 3.46. The number of carbonyl (C=O) groups is 2. The number of para-hydroxylation sites is 1. The van der Waals surface area contributed by atoms with E-state index in [1.165, 1.54) is 0 Å². The second kappa shape index (κ2) is 10.9. The highest BCUT2D eigenvalue weighted by molar-refractivity contribution is 7.80. The van der Waals surface area contributed by atoms with Gasteiger partial charge in [0.15, 0.2) is 5.11 Å². The topological polar surface area (TPSA) is 79.9 Å². The van der Waals surface area contributed by atoms with Gasteiger partial charge >= 0.3 is 0 Å². The summed E-state index contributed by atoms with van der Waals surface area (Å²) in [5.74, 6) is 0.268. The van der Waals surface area contributed by atoms with Crippen LogP contribution in [0, 0.1) is 0 Å². The first-order valence-electron chi connectivity index (χ1n) is 10.3. The number of amides is 2. The van der Waals surface area contributed by atoms with Gasteiger partial charge in [-0.2, -0.15) is 0 Å². The number of morpholine rings is 1. The van der Waals surface area contributed by atoms with Gasteiger partial charge in [-0.15, -0.1) is 0 Å². The van der Waals surface area contributed by atoms with Crippen molar-refractivity contribution in [1.29, 1.82) is 0 Å². The number of thiocarbonyl (C=S) groups is 1. The molecule has 2 aromatic carbocycles. The Morgan fingerprint density at radius 2 is 1.81 bits per heavy atom. The summed E-state index contributed by atoms with van der Waals surface area (Å²) < 4.78 is 11.0. The number of carbonyl (C=O) groups excluding carboxylic acids is 2. The molecule has 7 nitrogen and oxygen atoms in total. The van der Waals surface area contributed by atoms with Gasteiger partial charge in [0, 0.05) is 18.7 Å². The first-order chi connectivity index (χ1) is 15.0. The average molecular weight is 442 g/mol. The van der Waals surface area contributed by atoms with E-state index in [4.69, 9.17) is 21.7 Å². The molecule has 0 saturated carbocycles. The van der Waals surface area contributed by atoms with Crippen molar-refractivity contribution in [3.8, 4) is 5.75 Å². The van der Waals surface area contributed by atoms with Gasteiger partial charge in [-0.25, -0.2) is 0 Å². The SMILES string of the molecule is CCC(C)Oc1ccc(C(=O)NC(=S)Nc2ccccc2C(=O)N2CCOCC2)cc1. The molecular weight excluding hydrogens is 414 g/mol. The van der Waals surface area contributed by atoms with Crippen LogP contribution in [0.5, 0.6) is 5.75 Å². The van der Waals surface area contributed by atoms with Gasteiger partial charge in [-0.05, 0) is 62.0 Å². The molecular formula is C23H27N3O4S. The maximum absolute atomic E-state index is 12.9. The van der Waals surface area contributed by atoms with E-state index in [1.807, 2.05) is 13.8 Å². The third-order valence-corrected chi connectivity index (χ3v) is 5.16. The lowest BCUT2D eigenvalue weighted by Crippen LogP contribution is -2.41. The molecule has 164 valence electrons. The highest BCUT2D eigenvalue weighted by Crippen LogP contribution is 2.19. The van der Waals surface area contributed by atoms with Gasteiger partial charge in [-0.1, -0.05) is 19.1 Å². The Kier molecular flexibility index (Phi) is 7.97. The molecule has 1 atom stereocenters. The van der Waals surface area contributed by atoms with E-state index >= 15 is 0 Å². The van der Waals surface area contributed by atoms with Crippen LogP contribution in [0.1, 0.15) is 41.0 Å². The van der Waals surface area contributed by atoms with Gasteiger partial charge in [0.2, 0.25) is 0 Å². The van der Waals surface area contributed by atoms with Crippen LogP contribution in [0.25, 0.3) is 0 Å². The molecule has 8 heteroatoms. The maximum atomic E-state index is 12.9. The Bertz CT molecular complexity index is 927. The molecule has 0 aliphatic carbocycles. The number of rotatable bonds is 6. The molecule has 1 saturated heterocycles.